The lowest BCUT2D eigenvalue weighted by molar-refractivity contribution is -0.131. The van der Waals surface area contributed by atoms with E-state index in [9.17, 15) is 14.7 Å². The molecule has 6 nitrogen and oxygen atoms in total. The normalized spacial score (nSPS) is 11.6. The van der Waals surface area contributed by atoms with Crippen molar-refractivity contribution in [1.82, 2.24) is 0 Å². The van der Waals surface area contributed by atoms with E-state index >= 15 is 0 Å². The Kier molecular flexibility index (Phi) is 6.38. The van der Waals surface area contributed by atoms with Crippen LogP contribution in [-0.2, 0) is 19.7 Å². The minimum absolute atomic E-state index is 0.215. The van der Waals surface area contributed by atoms with Crippen LogP contribution in [0.15, 0.2) is 73.2 Å². The summed E-state index contributed by atoms with van der Waals surface area (Å²) in [5, 5.41) is 17.8. The number of aromatic hydroxyl groups is 1. The van der Waals surface area contributed by atoms with Crippen LogP contribution in [0.5, 0.6) is 11.5 Å². The fourth-order valence-corrected chi connectivity index (χ4v) is 2.37. The first-order chi connectivity index (χ1) is 12.8. The van der Waals surface area contributed by atoms with E-state index in [0.717, 1.165) is 35.8 Å². The number of carbonyl (C=O) groups excluding carboxylic acids is 1. The number of hydrogen-bond acceptors (Lipinski definition) is 5. The van der Waals surface area contributed by atoms with Gasteiger partial charge in [-0.1, -0.05) is 38.1 Å². The highest BCUT2D eigenvalue weighted by atomic mass is 16.5. The summed E-state index contributed by atoms with van der Waals surface area (Å²) < 4.78 is 9.87. The molecular formula is C21H20O6. The summed E-state index contributed by atoms with van der Waals surface area (Å²) in [6.45, 7) is 4.12. The SMILES string of the molecule is CC(C)(c1ccc(O)cc1)c1ccc(OC(=O)/C=C/O/C=C/C(=O)O)cc1. The number of hydrogen-bond donors (Lipinski definition) is 2. The van der Waals surface area contributed by atoms with E-state index in [2.05, 4.69) is 13.8 Å². The van der Waals surface area contributed by atoms with Crippen molar-refractivity contribution in [2.75, 3.05) is 0 Å². The lowest BCUT2D eigenvalue weighted by atomic mass is 9.78. The third-order valence-corrected chi connectivity index (χ3v) is 3.96. The Morgan fingerprint density at radius 1 is 0.889 bits per heavy atom. The Morgan fingerprint density at radius 3 is 1.96 bits per heavy atom. The second-order valence-corrected chi connectivity index (χ2v) is 6.20. The first-order valence-electron chi connectivity index (χ1n) is 8.12. The monoisotopic (exact) mass is 368 g/mol. The predicted octanol–water partition coefficient (Wildman–Crippen LogP) is 3.75. The smallest absolute Gasteiger partial charge is 0.339 e. The molecule has 2 aromatic rings. The van der Waals surface area contributed by atoms with Gasteiger partial charge in [-0.05, 0) is 35.4 Å². The predicted molar refractivity (Wildman–Crippen MR) is 99.3 cm³/mol. The minimum atomic E-state index is -1.15. The maximum atomic E-state index is 11.7. The van der Waals surface area contributed by atoms with Crippen LogP contribution >= 0.6 is 0 Å². The standard InChI is InChI=1S/C21H20O6/c1-21(2,15-3-7-17(22)8-4-15)16-5-9-18(10-6-16)27-20(25)12-14-26-13-11-19(23)24/h3-14,22H,1-2H3,(H,23,24)/b13-11+,14-12+. The van der Waals surface area contributed by atoms with Crippen LogP contribution < -0.4 is 4.74 Å². The average Bonchev–Trinajstić information content (AvgIpc) is 2.62. The van der Waals surface area contributed by atoms with E-state index in [4.69, 9.17) is 14.6 Å². The summed E-state index contributed by atoms with van der Waals surface area (Å²) in [5.41, 5.74) is 1.77. The molecule has 0 saturated carbocycles. The van der Waals surface area contributed by atoms with Gasteiger partial charge in [0.05, 0.1) is 24.7 Å². The molecule has 2 rings (SSSR count). The lowest BCUT2D eigenvalue weighted by Gasteiger charge is -2.26. The zero-order valence-corrected chi connectivity index (χ0v) is 15.0. The molecule has 0 amide bonds. The van der Waals surface area contributed by atoms with E-state index in [-0.39, 0.29) is 11.2 Å². The molecule has 0 atom stereocenters. The number of carboxylic acids is 1. The van der Waals surface area contributed by atoms with Crippen molar-refractivity contribution in [3.63, 3.8) is 0 Å². The van der Waals surface area contributed by atoms with Crippen LogP contribution in [-0.4, -0.2) is 22.2 Å². The Balaban J connectivity index is 2.00. The zero-order chi connectivity index (χ0) is 19.9. The molecule has 0 unspecified atom stereocenters. The third kappa shape index (κ3) is 5.74. The second kappa shape index (κ2) is 8.71. The number of carboxylic acid groups (broad SMARTS) is 1. The van der Waals surface area contributed by atoms with Crippen LogP contribution in [0.2, 0.25) is 0 Å². The fraction of sp³-hybridized carbons (Fsp3) is 0.143. The average molecular weight is 368 g/mol. The molecule has 0 radical (unpaired) electrons. The minimum Gasteiger partial charge on any atom is -0.508 e. The quantitative estimate of drug-likeness (QED) is 0.335. The Bertz CT molecular complexity index is 845. The van der Waals surface area contributed by atoms with Crippen molar-refractivity contribution in [2.45, 2.75) is 19.3 Å². The van der Waals surface area contributed by atoms with Gasteiger partial charge >= 0.3 is 11.9 Å². The molecular weight excluding hydrogens is 348 g/mol. The zero-order valence-electron chi connectivity index (χ0n) is 15.0. The highest BCUT2D eigenvalue weighted by Crippen LogP contribution is 2.33. The summed E-state index contributed by atoms with van der Waals surface area (Å²) in [4.78, 5) is 21.9. The largest absolute Gasteiger partial charge is 0.508 e. The molecule has 2 N–H and O–H groups in total. The van der Waals surface area contributed by atoms with Crippen LogP contribution in [0.4, 0.5) is 0 Å². The summed E-state index contributed by atoms with van der Waals surface area (Å²) >= 11 is 0. The number of aliphatic carboxylic acids is 1. The Hall–Kier alpha value is -3.54. The first-order valence-corrected chi connectivity index (χ1v) is 8.12. The molecule has 6 heteroatoms. The first kappa shape index (κ1) is 19.8. The number of ether oxygens (including phenoxy) is 2. The van der Waals surface area contributed by atoms with Crippen molar-refractivity contribution in [3.8, 4) is 11.5 Å². The maximum Gasteiger partial charge on any atom is 0.339 e. The van der Waals surface area contributed by atoms with Gasteiger partial charge in [-0.25, -0.2) is 9.59 Å². The number of carbonyl (C=O) groups is 2. The van der Waals surface area contributed by atoms with Crippen LogP contribution in [0.1, 0.15) is 25.0 Å². The molecule has 0 aliphatic heterocycles. The van der Waals surface area contributed by atoms with E-state index in [0.29, 0.717) is 5.75 Å². The van der Waals surface area contributed by atoms with Crippen molar-refractivity contribution in [3.05, 3.63) is 84.3 Å². The van der Waals surface area contributed by atoms with Gasteiger partial charge in [-0.3, -0.25) is 0 Å². The molecule has 0 saturated heterocycles. The third-order valence-electron chi connectivity index (χ3n) is 3.96. The summed E-state index contributed by atoms with van der Waals surface area (Å²) in [6.07, 6.45) is 3.81. The van der Waals surface area contributed by atoms with Crippen molar-refractivity contribution in [2.24, 2.45) is 0 Å². The van der Waals surface area contributed by atoms with Crippen molar-refractivity contribution < 1.29 is 29.3 Å². The molecule has 0 spiro atoms. The van der Waals surface area contributed by atoms with E-state index in [1.807, 2.05) is 24.3 Å². The van der Waals surface area contributed by atoms with Gasteiger partial charge in [-0.2, -0.15) is 0 Å². The van der Waals surface area contributed by atoms with Crippen molar-refractivity contribution in [1.29, 1.82) is 0 Å². The highest BCUT2D eigenvalue weighted by Gasteiger charge is 2.23. The van der Waals surface area contributed by atoms with Gasteiger partial charge in [0.1, 0.15) is 11.5 Å². The topological polar surface area (TPSA) is 93.1 Å². The fourth-order valence-electron chi connectivity index (χ4n) is 2.37. The number of phenolic OH excluding ortho intramolecular Hbond substituents is 1. The summed E-state index contributed by atoms with van der Waals surface area (Å²) in [6, 6.07) is 14.1. The molecule has 2 aromatic carbocycles. The van der Waals surface area contributed by atoms with Gasteiger partial charge in [0.25, 0.3) is 0 Å². The number of phenols is 1. The van der Waals surface area contributed by atoms with Crippen LogP contribution in [0.3, 0.4) is 0 Å². The number of esters is 1. The number of rotatable bonds is 7. The van der Waals surface area contributed by atoms with Gasteiger partial charge in [-0.15, -0.1) is 0 Å². The molecule has 27 heavy (non-hydrogen) atoms. The van der Waals surface area contributed by atoms with Crippen LogP contribution in [0.25, 0.3) is 0 Å². The molecule has 0 bridgehead atoms. The van der Waals surface area contributed by atoms with E-state index in [1.165, 1.54) is 0 Å². The molecule has 0 fully saturated rings. The Labute approximate surface area is 157 Å². The van der Waals surface area contributed by atoms with E-state index < -0.39 is 11.9 Å². The Morgan fingerprint density at radius 2 is 1.41 bits per heavy atom. The van der Waals surface area contributed by atoms with Crippen molar-refractivity contribution >= 4 is 11.9 Å². The lowest BCUT2D eigenvalue weighted by Crippen LogP contribution is -2.18. The van der Waals surface area contributed by atoms with E-state index in [1.54, 1.807) is 24.3 Å². The molecule has 0 aliphatic rings. The van der Waals surface area contributed by atoms with Gasteiger partial charge in [0.2, 0.25) is 0 Å². The molecule has 0 aromatic heterocycles. The van der Waals surface area contributed by atoms with Gasteiger partial charge in [0.15, 0.2) is 0 Å². The molecule has 0 heterocycles. The van der Waals surface area contributed by atoms with Crippen LogP contribution in [0, 0.1) is 0 Å². The molecule has 0 aliphatic carbocycles. The molecule has 140 valence electrons. The summed E-state index contributed by atoms with van der Waals surface area (Å²) in [7, 11) is 0. The van der Waals surface area contributed by atoms with Gasteiger partial charge < -0.3 is 19.7 Å². The maximum absolute atomic E-state index is 11.7. The second-order valence-electron chi connectivity index (χ2n) is 6.20. The summed E-state index contributed by atoms with van der Waals surface area (Å²) in [5.74, 6) is -1.21. The van der Waals surface area contributed by atoms with Gasteiger partial charge in [0, 0.05) is 5.41 Å². The highest BCUT2D eigenvalue weighted by molar-refractivity contribution is 5.83. The number of benzene rings is 2.